The van der Waals surface area contributed by atoms with Crippen molar-refractivity contribution in [3.05, 3.63) is 64.7 Å². The summed E-state index contributed by atoms with van der Waals surface area (Å²) in [5, 5.41) is 9.20. The van der Waals surface area contributed by atoms with Crippen molar-refractivity contribution in [2.75, 3.05) is 56.5 Å². The fourth-order valence-corrected chi connectivity index (χ4v) is 5.52. The molecule has 1 saturated heterocycles. The van der Waals surface area contributed by atoms with E-state index in [4.69, 9.17) is 27.2 Å². The van der Waals surface area contributed by atoms with E-state index in [-0.39, 0.29) is 46.6 Å². The van der Waals surface area contributed by atoms with Crippen LogP contribution in [-0.4, -0.2) is 119 Å². The summed E-state index contributed by atoms with van der Waals surface area (Å²) in [6, 6.07) is 14.0. The molecule has 2 unspecified atom stereocenters. The van der Waals surface area contributed by atoms with Gasteiger partial charge in [-0.1, -0.05) is 23.7 Å². The number of hydrogen-bond donors (Lipinski definition) is 2. The predicted molar refractivity (Wildman–Crippen MR) is 178 cm³/mol. The Balaban J connectivity index is 0. The fraction of sp³-hybridized carbons (Fsp3) is 0.483. The van der Waals surface area contributed by atoms with Gasteiger partial charge in [0.1, 0.15) is 11.4 Å². The van der Waals surface area contributed by atoms with Crippen molar-refractivity contribution in [3.8, 4) is 0 Å². The summed E-state index contributed by atoms with van der Waals surface area (Å²) in [4.78, 5) is 42.4. The second-order valence-electron chi connectivity index (χ2n) is 9.97. The highest BCUT2D eigenvalue weighted by Crippen LogP contribution is 2.24. The van der Waals surface area contributed by atoms with Gasteiger partial charge in [0.25, 0.3) is 5.91 Å². The molecule has 1 fully saturated rings. The molecule has 0 bridgehead atoms. The molecule has 0 radical (unpaired) electrons. The maximum absolute atomic E-state index is 13.2. The number of nitrogens with two attached hydrogens (primary N) is 1. The molecule has 1 aliphatic rings. The molecule has 44 heavy (non-hydrogen) atoms. The van der Waals surface area contributed by atoms with Gasteiger partial charge in [0.05, 0.1) is 12.7 Å². The lowest BCUT2D eigenvalue weighted by Gasteiger charge is -2.35. The fourth-order valence-electron chi connectivity index (χ4n) is 4.36. The first kappa shape index (κ1) is 43.7. The number of carboxylic acids is 1. The van der Waals surface area contributed by atoms with Gasteiger partial charge in [-0.15, -0.1) is 24.2 Å². The van der Waals surface area contributed by atoms with Crippen molar-refractivity contribution >= 4 is 59.6 Å². The van der Waals surface area contributed by atoms with E-state index in [2.05, 4.69) is 4.90 Å². The summed E-state index contributed by atoms with van der Waals surface area (Å²) < 4.78 is 5.69. The Kier molecular flexibility index (Phi) is 21.9. The number of aldehydes is 1. The highest BCUT2D eigenvalue weighted by molar-refractivity contribution is 8.00. The third-order valence-corrected chi connectivity index (χ3v) is 8.22. The van der Waals surface area contributed by atoms with E-state index in [1.807, 2.05) is 60.0 Å². The molecule has 15 heteroatoms. The number of carboxylic acid groups (broad SMARTS) is 1. The molecule has 2 atom stereocenters. The first-order valence-corrected chi connectivity index (χ1v) is 14.9. The van der Waals surface area contributed by atoms with Crippen molar-refractivity contribution in [1.82, 2.24) is 9.80 Å². The Morgan fingerprint density at radius 3 is 2.16 bits per heavy atom. The SMILES string of the molecule is CC(C)OCCN(c1ccc(C(=O)N2CCN(CCc3ccc(Cl)cc3)CC2)cc1)C(C=O)SCC(N)C(=O)O.Cl.O.O.O. The molecule has 1 heterocycles. The van der Waals surface area contributed by atoms with E-state index < -0.39 is 17.4 Å². The zero-order valence-corrected chi connectivity index (χ0v) is 27.4. The number of thioether (sulfide) groups is 1. The van der Waals surface area contributed by atoms with Crippen LogP contribution in [-0.2, 0) is 20.7 Å². The van der Waals surface area contributed by atoms with Gasteiger partial charge >= 0.3 is 5.97 Å². The van der Waals surface area contributed by atoms with Crippen molar-refractivity contribution in [3.63, 3.8) is 0 Å². The Hall–Kier alpha value is -2.46. The number of carbonyl (C=O) groups is 3. The lowest BCUT2D eigenvalue weighted by Crippen LogP contribution is -2.49. The zero-order chi connectivity index (χ0) is 29.1. The van der Waals surface area contributed by atoms with E-state index in [9.17, 15) is 14.4 Å². The van der Waals surface area contributed by atoms with Crippen LogP contribution in [0.3, 0.4) is 0 Å². The van der Waals surface area contributed by atoms with Gasteiger partial charge in [-0.2, -0.15) is 0 Å². The highest BCUT2D eigenvalue weighted by Gasteiger charge is 2.24. The lowest BCUT2D eigenvalue weighted by molar-refractivity contribution is -0.137. The van der Waals surface area contributed by atoms with Crippen LogP contribution in [0.2, 0.25) is 5.02 Å². The number of benzene rings is 2. The predicted octanol–water partition coefficient (Wildman–Crippen LogP) is 1.19. The molecule has 12 nitrogen and oxygen atoms in total. The topological polar surface area (TPSA) is 211 Å². The minimum Gasteiger partial charge on any atom is -0.480 e. The first-order valence-electron chi connectivity index (χ1n) is 13.5. The van der Waals surface area contributed by atoms with Crippen LogP contribution in [0.25, 0.3) is 0 Å². The number of hydrogen-bond acceptors (Lipinski definition) is 8. The summed E-state index contributed by atoms with van der Waals surface area (Å²) in [6.07, 6.45) is 1.75. The van der Waals surface area contributed by atoms with Crippen molar-refractivity contribution < 1.29 is 40.7 Å². The standard InChI is InChI=1S/C29H39ClN4O5S.ClH.3H2O/c1-21(2)39-18-17-34(27(19-35)40-20-26(31)29(37)38)25-9-5-23(6-10-25)28(36)33-15-13-32(14-16-33)12-11-22-3-7-24(30)8-4-22;;;;/h3-10,19,21,26-27H,11-18,20,31H2,1-2H3,(H,37,38);1H;3*1H2. The van der Waals surface area contributed by atoms with Gasteiger partial charge in [-0.05, 0) is 62.2 Å². The zero-order valence-electron chi connectivity index (χ0n) is 25.0. The summed E-state index contributed by atoms with van der Waals surface area (Å²) in [6.45, 7) is 8.56. The lowest BCUT2D eigenvalue weighted by atomic mass is 10.1. The van der Waals surface area contributed by atoms with Crippen LogP contribution in [0.5, 0.6) is 0 Å². The molecule has 3 rings (SSSR count). The van der Waals surface area contributed by atoms with Crippen LogP contribution < -0.4 is 10.6 Å². The molecule has 250 valence electrons. The number of ether oxygens (including phenoxy) is 1. The third-order valence-electron chi connectivity index (χ3n) is 6.71. The molecule has 1 aliphatic heterocycles. The van der Waals surface area contributed by atoms with Crippen LogP contribution in [0.15, 0.2) is 48.5 Å². The van der Waals surface area contributed by atoms with Crippen molar-refractivity contribution in [1.29, 1.82) is 0 Å². The summed E-state index contributed by atoms with van der Waals surface area (Å²) in [5.74, 6) is -1.05. The van der Waals surface area contributed by atoms with Gasteiger partial charge < -0.3 is 46.6 Å². The average Bonchev–Trinajstić information content (AvgIpc) is 2.96. The molecular weight excluding hydrogens is 635 g/mol. The molecule has 9 N–H and O–H groups in total. The van der Waals surface area contributed by atoms with Gasteiger partial charge in [0.2, 0.25) is 0 Å². The Morgan fingerprint density at radius 2 is 1.64 bits per heavy atom. The van der Waals surface area contributed by atoms with Gasteiger partial charge in [-0.25, -0.2) is 0 Å². The number of rotatable bonds is 15. The minimum absolute atomic E-state index is 0. The smallest absolute Gasteiger partial charge is 0.321 e. The van der Waals surface area contributed by atoms with E-state index >= 15 is 0 Å². The maximum Gasteiger partial charge on any atom is 0.321 e. The molecule has 0 aromatic heterocycles. The van der Waals surface area contributed by atoms with Crippen LogP contribution >= 0.6 is 35.8 Å². The number of carbonyl (C=O) groups excluding carboxylic acids is 2. The normalized spacial score (nSPS) is 14.2. The molecule has 0 spiro atoms. The molecular formula is C29H46Cl2N4O8S. The second kappa shape index (κ2) is 22.1. The summed E-state index contributed by atoms with van der Waals surface area (Å²) in [7, 11) is 0. The summed E-state index contributed by atoms with van der Waals surface area (Å²) in [5.41, 5.74) is 8.22. The van der Waals surface area contributed by atoms with Gasteiger partial charge in [0.15, 0.2) is 6.29 Å². The Morgan fingerprint density at radius 1 is 1.05 bits per heavy atom. The van der Waals surface area contributed by atoms with Gasteiger partial charge in [0, 0.05) is 61.3 Å². The second-order valence-corrected chi connectivity index (χ2v) is 11.6. The average molecular weight is 682 g/mol. The number of piperazine rings is 1. The largest absolute Gasteiger partial charge is 0.480 e. The monoisotopic (exact) mass is 680 g/mol. The van der Waals surface area contributed by atoms with E-state index in [1.165, 1.54) is 17.3 Å². The highest BCUT2D eigenvalue weighted by atomic mass is 35.5. The first-order chi connectivity index (χ1) is 19.2. The molecule has 1 amide bonds. The number of halogens is 2. The van der Waals surface area contributed by atoms with E-state index in [0.29, 0.717) is 31.8 Å². The van der Waals surface area contributed by atoms with Crippen LogP contribution in [0.1, 0.15) is 29.8 Å². The molecule has 2 aromatic carbocycles. The Labute approximate surface area is 274 Å². The number of amides is 1. The quantitative estimate of drug-likeness (QED) is 0.204. The van der Waals surface area contributed by atoms with Crippen molar-refractivity contribution in [2.24, 2.45) is 5.73 Å². The number of nitrogens with zero attached hydrogens (tertiary/aromatic N) is 3. The van der Waals surface area contributed by atoms with Crippen molar-refractivity contribution in [2.45, 2.75) is 37.8 Å². The van der Waals surface area contributed by atoms with Crippen LogP contribution in [0.4, 0.5) is 5.69 Å². The van der Waals surface area contributed by atoms with E-state index in [0.717, 1.165) is 43.1 Å². The summed E-state index contributed by atoms with van der Waals surface area (Å²) >= 11 is 7.14. The Bertz CT molecular complexity index is 1110. The molecule has 0 aliphatic carbocycles. The number of aliphatic carboxylic acids is 1. The maximum atomic E-state index is 13.2. The molecule has 2 aromatic rings. The third kappa shape index (κ3) is 13.7. The van der Waals surface area contributed by atoms with Crippen LogP contribution in [0, 0.1) is 0 Å². The minimum atomic E-state index is -1.11. The molecule has 0 saturated carbocycles. The number of anilines is 1. The van der Waals surface area contributed by atoms with E-state index in [1.54, 1.807) is 12.1 Å². The van der Waals surface area contributed by atoms with Gasteiger partial charge in [-0.3, -0.25) is 14.5 Å².